The van der Waals surface area contributed by atoms with Gasteiger partial charge in [-0.15, -0.1) is 12.4 Å². The summed E-state index contributed by atoms with van der Waals surface area (Å²) in [6.07, 6.45) is 2.14. The van der Waals surface area contributed by atoms with Gasteiger partial charge in [-0.25, -0.2) is 4.79 Å². The van der Waals surface area contributed by atoms with Crippen molar-refractivity contribution in [2.24, 2.45) is 0 Å². The van der Waals surface area contributed by atoms with Crippen LogP contribution in [0.5, 0.6) is 0 Å². The normalized spacial score (nSPS) is 24.2. The minimum atomic E-state index is -0.571. The second-order valence-electron chi connectivity index (χ2n) is 6.95. The number of aliphatic hydroxyl groups excluding tert-OH is 1. The largest absolute Gasteiger partial charge is 0.467 e. The summed E-state index contributed by atoms with van der Waals surface area (Å²) in [5, 5.41) is 15.3. The van der Waals surface area contributed by atoms with Crippen molar-refractivity contribution >= 4 is 35.9 Å². The quantitative estimate of drug-likeness (QED) is 0.636. The summed E-state index contributed by atoms with van der Waals surface area (Å²) in [7, 11) is 1.32. The lowest BCUT2D eigenvalue weighted by atomic mass is 10.0. The highest BCUT2D eigenvalue weighted by Crippen LogP contribution is 2.22. The lowest BCUT2D eigenvalue weighted by molar-refractivity contribution is -0.147. The smallest absolute Gasteiger partial charge is 0.328 e. The van der Waals surface area contributed by atoms with Crippen LogP contribution in [-0.4, -0.2) is 66.2 Å². The molecule has 2 saturated heterocycles. The first-order valence-corrected chi connectivity index (χ1v) is 9.20. The van der Waals surface area contributed by atoms with E-state index < -0.39 is 24.2 Å². The predicted octanol–water partition coefficient (Wildman–Crippen LogP) is 0.937. The van der Waals surface area contributed by atoms with Crippen LogP contribution in [0.4, 0.5) is 5.69 Å². The number of nitrogens with zero attached hydrogens (tertiary/aromatic N) is 1. The molecule has 2 aliphatic rings. The molecular weight excluding hydrogens is 386 g/mol. The number of hydrogen-bond donors (Lipinski definition) is 3. The van der Waals surface area contributed by atoms with Crippen molar-refractivity contribution < 1.29 is 24.2 Å². The Bertz CT molecular complexity index is 729. The van der Waals surface area contributed by atoms with Gasteiger partial charge < -0.3 is 25.4 Å². The van der Waals surface area contributed by atoms with Gasteiger partial charge in [0, 0.05) is 24.3 Å². The molecule has 9 heteroatoms. The number of piperidine rings is 1. The van der Waals surface area contributed by atoms with Gasteiger partial charge in [-0.3, -0.25) is 9.59 Å². The highest BCUT2D eigenvalue weighted by molar-refractivity contribution is 6.00. The van der Waals surface area contributed by atoms with Crippen molar-refractivity contribution in [2.75, 3.05) is 25.5 Å². The minimum Gasteiger partial charge on any atom is -0.467 e. The average molecular weight is 412 g/mol. The number of ether oxygens (including phenoxy) is 1. The summed E-state index contributed by atoms with van der Waals surface area (Å²) < 4.78 is 4.83. The zero-order chi connectivity index (χ0) is 19.4. The molecule has 1 aromatic rings. The summed E-state index contributed by atoms with van der Waals surface area (Å²) >= 11 is 0. The number of amides is 2. The van der Waals surface area contributed by atoms with E-state index in [0.29, 0.717) is 37.2 Å². The number of likely N-dealkylation sites (tertiary alicyclic amines) is 1. The van der Waals surface area contributed by atoms with Crippen molar-refractivity contribution in [3.05, 3.63) is 29.8 Å². The molecule has 28 heavy (non-hydrogen) atoms. The number of benzene rings is 1. The van der Waals surface area contributed by atoms with Gasteiger partial charge in [0.05, 0.1) is 19.3 Å². The molecule has 154 valence electrons. The fraction of sp³-hybridized carbons (Fsp3) is 0.526. The highest BCUT2D eigenvalue weighted by atomic mass is 35.5. The number of methoxy groups -OCH3 is 1. The molecule has 0 saturated carbocycles. The van der Waals surface area contributed by atoms with E-state index in [9.17, 15) is 19.5 Å². The standard InChI is InChI=1S/C19H25N3O5.ClH/c1-27-19(26)16-7-2-3-8-22(16)18(25)12-5-4-6-13(9-12)21-17(24)15-10-14(23)11-20-15;/h4-6,9,14-16,20,23H,2-3,7-8,10-11H2,1H3,(H,21,24);1H. The Labute approximate surface area is 170 Å². The van der Waals surface area contributed by atoms with Gasteiger partial charge in [-0.2, -0.15) is 0 Å². The Morgan fingerprint density at radius 2 is 2.07 bits per heavy atom. The molecule has 1 aromatic carbocycles. The van der Waals surface area contributed by atoms with Gasteiger partial charge in [0.1, 0.15) is 6.04 Å². The van der Waals surface area contributed by atoms with Gasteiger partial charge in [-0.1, -0.05) is 6.07 Å². The van der Waals surface area contributed by atoms with E-state index in [1.54, 1.807) is 29.2 Å². The van der Waals surface area contributed by atoms with Gasteiger partial charge >= 0.3 is 5.97 Å². The predicted molar refractivity (Wildman–Crippen MR) is 105 cm³/mol. The van der Waals surface area contributed by atoms with Crippen molar-refractivity contribution in [1.82, 2.24) is 10.2 Å². The van der Waals surface area contributed by atoms with E-state index in [1.165, 1.54) is 7.11 Å². The molecule has 3 unspecified atom stereocenters. The van der Waals surface area contributed by atoms with Crippen LogP contribution >= 0.6 is 12.4 Å². The Kier molecular flexibility index (Phi) is 7.79. The van der Waals surface area contributed by atoms with E-state index in [-0.39, 0.29) is 24.2 Å². The molecule has 2 heterocycles. The maximum Gasteiger partial charge on any atom is 0.328 e. The molecule has 3 rings (SSSR count). The molecule has 0 aromatic heterocycles. The van der Waals surface area contributed by atoms with E-state index in [2.05, 4.69) is 10.6 Å². The molecule has 0 radical (unpaired) electrons. The second-order valence-corrected chi connectivity index (χ2v) is 6.95. The summed E-state index contributed by atoms with van der Waals surface area (Å²) in [6, 6.07) is 5.64. The zero-order valence-corrected chi connectivity index (χ0v) is 16.5. The first-order chi connectivity index (χ1) is 13.0. The lowest BCUT2D eigenvalue weighted by Gasteiger charge is -2.33. The van der Waals surface area contributed by atoms with Crippen LogP contribution in [0.15, 0.2) is 24.3 Å². The van der Waals surface area contributed by atoms with Crippen LogP contribution in [0, 0.1) is 0 Å². The molecular formula is C19H26ClN3O5. The van der Waals surface area contributed by atoms with Gasteiger partial charge in [0.2, 0.25) is 5.91 Å². The molecule has 2 aliphatic heterocycles. The first-order valence-electron chi connectivity index (χ1n) is 9.20. The number of carbonyl (C=O) groups is 3. The SMILES string of the molecule is COC(=O)C1CCCCN1C(=O)c1cccc(NC(=O)C2CC(O)CN2)c1.Cl. The monoisotopic (exact) mass is 411 g/mol. The van der Waals surface area contributed by atoms with Crippen molar-refractivity contribution in [1.29, 1.82) is 0 Å². The number of rotatable bonds is 4. The van der Waals surface area contributed by atoms with Gasteiger partial charge in [0.15, 0.2) is 0 Å². The maximum absolute atomic E-state index is 12.9. The maximum atomic E-state index is 12.9. The van der Waals surface area contributed by atoms with E-state index in [4.69, 9.17) is 4.74 Å². The van der Waals surface area contributed by atoms with E-state index in [1.807, 2.05) is 0 Å². The number of nitrogens with one attached hydrogen (secondary N) is 2. The van der Waals surface area contributed by atoms with Crippen LogP contribution in [0.25, 0.3) is 0 Å². The van der Waals surface area contributed by atoms with Crippen LogP contribution < -0.4 is 10.6 Å². The van der Waals surface area contributed by atoms with E-state index >= 15 is 0 Å². The third kappa shape index (κ3) is 5.01. The van der Waals surface area contributed by atoms with Crippen LogP contribution in [0.1, 0.15) is 36.0 Å². The fourth-order valence-corrected chi connectivity index (χ4v) is 3.60. The number of anilines is 1. The minimum absolute atomic E-state index is 0. The van der Waals surface area contributed by atoms with Crippen LogP contribution in [-0.2, 0) is 14.3 Å². The Morgan fingerprint density at radius 3 is 2.75 bits per heavy atom. The fourth-order valence-electron chi connectivity index (χ4n) is 3.60. The summed E-state index contributed by atoms with van der Waals surface area (Å²) in [6.45, 7) is 0.888. The van der Waals surface area contributed by atoms with Crippen molar-refractivity contribution in [2.45, 2.75) is 43.9 Å². The summed E-state index contributed by atoms with van der Waals surface area (Å²) in [5.41, 5.74) is 0.906. The van der Waals surface area contributed by atoms with Gasteiger partial charge in [-0.05, 0) is 43.9 Å². The number of halogens is 1. The third-order valence-electron chi connectivity index (χ3n) is 5.04. The highest BCUT2D eigenvalue weighted by Gasteiger charge is 2.33. The topological polar surface area (TPSA) is 108 Å². The number of carbonyl (C=O) groups excluding carboxylic acids is 3. The molecule has 3 atom stereocenters. The molecule has 0 bridgehead atoms. The lowest BCUT2D eigenvalue weighted by Crippen LogP contribution is -2.48. The number of β-amino-alcohol motifs (C(OH)–C–C–N with tert-alkyl or cyclic N) is 1. The Hall–Kier alpha value is -2.16. The molecule has 0 aliphatic carbocycles. The van der Waals surface area contributed by atoms with Crippen molar-refractivity contribution in [3.63, 3.8) is 0 Å². The molecule has 2 fully saturated rings. The number of esters is 1. The Balaban J connectivity index is 0.00000280. The number of aliphatic hydroxyl groups is 1. The summed E-state index contributed by atoms with van der Waals surface area (Å²) in [5.74, 6) is -0.907. The van der Waals surface area contributed by atoms with Crippen LogP contribution in [0.2, 0.25) is 0 Å². The average Bonchev–Trinajstić information content (AvgIpc) is 3.13. The molecule has 3 N–H and O–H groups in total. The first kappa shape index (κ1) is 22.1. The van der Waals surface area contributed by atoms with E-state index in [0.717, 1.165) is 12.8 Å². The zero-order valence-electron chi connectivity index (χ0n) is 15.7. The molecule has 0 spiro atoms. The number of hydrogen-bond acceptors (Lipinski definition) is 6. The third-order valence-corrected chi connectivity index (χ3v) is 5.04. The van der Waals surface area contributed by atoms with Crippen LogP contribution in [0.3, 0.4) is 0 Å². The van der Waals surface area contributed by atoms with Gasteiger partial charge in [0.25, 0.3) is 5.91 Å². The second kappa shape index (κ2) is 9.86. The molecule has 8 nitrogen and oxygen atoms in total. The van der Waals surface area contributed by atoms with Crippen molar-refractivity contribution in [3.8, 4) is 0 Å². The summed E-state index contributed by atoms with van der Waals surface area (Å²) in [4.78, 5) is 38.8. The molecule has 2 amide bonds. The Morgan fingerprint density at radius 1 is 1.29 bits per heavy atom.